The van der Waals surface area contributed by atoms with Gasteiger partial charge in [0.1, 0.15) is 6.04 Å². The van der Waals surface area contributed by atoms with Gasteiger partial charge in [0.05, 0.1) is 5.52 Å². The van der Waals surface area contributed by atoms with Gasteiger partial charge in [0.2, 0.25) is 5.91 Å². The summed E-state index contributed by atoms with van der Waals surface area (Å²) in [6.07, 6.45) is 7.68. The van der Waals surface area contributed by atoms with Crippen molar-refractivity contribution in [1.82, 2.24) is 26.1 Å². The highest BCUT2D eigenvalue weighted by Gasteiger charge is 2.20. The summed E-state index contributed by atoms with van der Waals surface area (Å²) >= 11 is 0. The summed E-state index contributed by atoms with van der Waals surface area (Å²) in [7, 11) is 0. The lowest BCUT2D eigenvalue weighted by atomic mass is 10.1. The van der Waals surface area contributed by atoms with Crippen molar-refractivity contribution in [2.24, 2.45) is 0 Å². The van der Waals surface area contributed by atoms with Crippen LogP contribution in [0.25, 0.3) is 10.9 Å². The van der Waals surface area contributed by atoms with Gasteiger partial charge in [0.15, 0.2) is 5.69 Å². The Bertz CT molecular complexity index is 771. The van der Waals surface area contributed by atoms with Crippen molar-refractivity contribution in [2.75, 3.05) is 13.1 Å². The summed E-state index contributed by atoms with van der Waals surface area (Å²) < 4.78 is 0. The molecule has 1 heterocycles. The second-order valence-corrected chi connectivity index (χ2v) is 7.25. The van der Waals surface area contributed by atoms with E-state index in [4.69, 9.17) is 0 Å². The predicted octanol–water partition coefficient (Wildman–Crippen LogP) is 2.53. The van der Waals surface area contributed by atoms with E-state index >= 15 is 0 Å². The molecule has 0 radical (unpaired) electrons. The maximum atomic E-state index is 12.4. The number of nitrogens with one attached hydrogen (secondary N) is 4. The van der Waals surface area contributed by atoms with E-state index in [0.29, 0.717) is 18.3 Å². The number of aromatic amines is 1. The lowest BCUT2D eigenvalue weighted by Crippen LogP contribution is -2.47. The van der Waals surface area contributed by atoms with Gasteiger partial charge in [-0.3, -0.25) is 14.7 Å². The first-order valence-electron chi connectivity index (χ1n) is 9.90. The summed E-state index contributed by atoms with van der Waals surface area (Å²) in [6, 6.07) is 7.36. The number of hydrogen-bond acceptors (Lipinski definition) is 4. The first-order chi connectivity index (χ1) is 13.1. The summed E-state index contributed by atoms with van der Waals surface area (Å²) in [4.78, 5) is 24.7. The maximum Gasteiger partial charge on any atom is 0.273 e. The number of rotatable bonds is 7. The van der Waals surface area contributed by atoms with Gasteiger partial charge in [-0.05, 0) is 25.8 Å². The average molecular weight is 408 g/mol. The van der Waals surface area contributed by atoms with Crippen LogP contribution in [0.5, 0.6) is 0 Å². The Labute approximate surface area is 171 Å². The molecule has 1 aromatic heterocycles. The first-order valence-corrected chi connectivity index (χ1v) is 9.90. The second-order valence-electron chi connectivity index (χ2n) is 7.25. The van der Waals surface area contributed by atoms with E-state index in [-0.39, 0.29) is 24.2 Å². The van der Waals surface area contributed by atoms with Crippen LogP contribution in [0.3, 0.4) is 0 Å². The Morgan fingerprint density at radius 2 is 1.86 bits per heavy atom. The number of benzene rings is 1. The van der Waals surface area contributed by atoms with E-state index in [1.165, 1.54) is 38.5 Å². The molecule has 3 rings (SSSR count). The summed E-state index contributed by atoms with van der Waals surface area (Å²) in [5.74, 6) is -0.544. The molecule has 4 N–H and O–H groups in total. The fourth-order valence-electron chi connectivity index (χ4n) is 3.57. The molecule has 1 fully saturated rings. The van der Waals surface area contributed by atoms with Crippen molar-refractivity contribution in [3.8, 4) is 0 Å². The lowest BCUT2D eigenvalue weighted by molar-refractivity contribution is -0.122. The Hall–Kier alpha value is -2.12. The predicted molar refractivity (Wildman–Crippen MR) is 113 cm³/mol. The highest BCUT2D eigenvalue weighted by molar-refractivity contribution is 6.05. The largest absolute Gasteiger partial charge is 0.353 e. The molecule has 28 heavy (non-hydrogen) atoms. The standard InChI is InChI=1S/C20H29N5O2.ClH/c1-14(19(26)22-13-12-21-15-8-4-2-3-5-9-15)23-20(27)18-16-10-6-7-11-17(16)24-25-18;/h6-7,10-11,14-15,21H,2-5,8-9,12-13H2,1H3,(H,22,26)(H,23,27)(H,24,25);1H. The number of nitrogens with zero attached hydrogens (tertiary/aromatic N) is 1. The van der Waals surface area contributed by atoms with Crippen LogP contribution < -0.4 is 16.0 Å². The number of hydrogen-bond donors (Lipinski definition) is 4. The van der Waals surface area contributed by atoms with Crippen LogP contribution in [0, 0.1) is 0 Å². The van der Waals surface area contributed by atoms with Crippen LogP contribution >= 0.6 is 12.4 Å². The third kappa shape index (κ3) is 5.94. The van der Waals surface area contributed by atoms with E-state index in [1.807, 2.05) is 24.3 Å². The van der Waals surface area contributed by atoms with E-state index in [0.717, 1.165) is 17.4 Å². The Morgan fingerprint density at radius 3 is 2.61 bits per heavy atom. The quantitative estimate of drug-likeness (QED) is 0.418. The Morgan fingerprint density at radius 1 is 1.14 bits per heavy atom. The summed E-state index contributed by atoms with van der Waals surface area (Å²) in [6.45, 7) is 2.99. The number of amides is 2. The molecule has 8 heteroatoms. The molecule has 1 atom stereocenters. The minimum absolute atomic E-state index is 0. The summed E-state index contributed by atoms with van der Waals surface area (Å²) in [5.41, 5.74) is 1.10. The van der Waals surface area contributed by atoms with Crippen molar-refractivity contribution in [2.45, 2.75) is 57.5 Å². The molecular weight excluding hydrogens is 378 g/mol. The molecule has 1 aromatic carbocycles. The van der Waals surface area contributed by atoms with Gasteiger partial charge in [-0.1, -0.05) is 43.9 Å². The van der Waals surface area contributed by atoms with Crippen molar-refractivity contribution < 1.29 is 9.59 Å². The van der Waals surface area contributed by atoms with E-state index in [2.05, 4.69) is 26.1 Å². The normalized spacial score (nSPS) is 16.0. The van der Waals surface area contributed by atoms with Gasteiger partial charge < -0.3 is 16.0 Å². The lowest BCUT2D eigenvalue weighted by Gasteiger charge is -2.17. The monoisotopic (exact) mass is 407 g/mol. The SMILES string of the molecule is CC(NC(=O)c1n[nH]c2ccccc12)C(=O)NCCNC1CCCCCC1.Cl. The van der Waals surface area contributed by atoms with E-state index < -0.39 is 6.04 Å². The molecule has 0 aliphatic heterocycles. The van der Waals surface area contributed by atoms with Crippen molar-refractivity contribution >= 4 is 35.1 Å². The van der Waals surface area contributed by atoms with Gasteiger partial charge in [0.25, 0.3) is 5.91 Å². The van der Waals surface area contributed by atoms with Crippen LogP contribution in [0.15, 0.2) is 24.3 Å². The van der Waals surface area contributed by atoms with Crippen LogP contribution in [0.4, 0.5) is 0 Å². The molecule has 2 amide bonds. The van der Waals surface area contributed by atoms with Crippen LogP contribution in [0.2, 0.25) is 0 Å². The number of para-hydroxylation sites is 1. The minimum Gasteiger partial charge on any atom is -0.353 e. The smallest absolute Gasteiger partial charge is 0.273 e. The molecular formula is C20H30ClN5O2. The highest BCUT2D eigenvalue weighted by Crippen LogP contribution is 2.17. The van der Waals surface area contributed by atoms with Crippen LogP contribution in [-0.2, 0) is 4.79 Å². The zero-order valence-corrected chi connectivity index (χ0v) is 17.1. The fourth-order valence-corrected chi connectivity index (χ4v) is 3.57. The highest BCUT2D eigenvalue weighted by atomic mass is 35.5. The molecule has 0 bridgehead atoms. The molecule has 1 unspecified atom stereocenters. The van der Waals surface area contributed by atoms with Gasteiger partial charge in [-0.15, -0.1) is 12.4 Å². The van der Waals surface area contributed by atoms with E-state index in [1.54, 1.807) is 6.92 Å². The number of H-pyrrole nitrogens is 1. The number of carbonyl (C=O) groups is 2. The second kappa shape index (κ2) is 11.0. The fraction of sp³-hybridized carbons (Fsp3) is 0.550. The molecule has 0 spiro atoms. The molecule has 7 nitrogen and oxygen atoms in total. The summed E-state index contributed by atoms with van der Waals surface area (Å²) in [5, 5.41) is 16.8. The van der Waals surface area contributed by atoms with Gasteiger partial charge in [-0.2, -0.15) is 5.10 Å². The minimum atomic E-state index is -0.620. The molecule has 1 saturated carbocycles. The van der Waals surface area contributed by atoms with Gasteiger partial charge in [-0.25, -0.2) is 0 Å². The van der Waals surface area contributed by atoms with Crippen molar-refractivity contribution in [3.05, 3.63) is 30.0 Å². The molecule has 154 valence electrons. The Balaban J connectivity index is 0.00000280. The number of carbonyl (C=O) groups excluding carboxylic acids is 2. The maximum absolute atomic E-state index is 12.4. The van der Waals surface area contributed by atoms with Crippen LogP contribution in [-0.4, -0.2) is 47.2 Å². The number of aromatic nitrogens is 2. The number of halogens is 1. The zero-order valence-electron chi connectivity index (χ0n) is 16.3. The Kier molecular flexibility index (Phi) is 8.73. The van der Waals surface area contributed by atoms with Crippen LogP contribution in [0.1, 0.15) is 55.9 Å². The topological polar surface area (TPSA) is 98.9 Å². The van der Waals surface area contributed by atoms with Gasteiger partial charge >= 0.3 is 0 Å². The number of fused-ring (bicyclic) bond motifs is 1. The third-order valence-electron chi connectivity index (χ3n) is 5.14. The third-order valence-corrected chi connectivity index (χ3v) is 5.14. The average Bonchev–Trinajstić information content (AvgIpc) is 2.93. The molecule has 1 aliphatic rings. The molecule has 1 aliphatic carbocycles. The molecule has 2 aromatic rings. The van der Waals surface area contributed by atoms with E-state index in [9.17, 15) is 9.59 Å². The first kappa shape index (κ1) is 22.2. The van der Waals surface area contributed by atoms with Crippen molar-refractivity contribution in [1.29, 1.82) is 0 Å². The molecule has 0 saturated heterocycles. The van der Waals surface area contributed by atoms with Gasteiger partial charge in [0, 0.05) is 24.5 Å². The zero-order chi connectivity index (χ0) is 19.1. The van der Waals surface area contributed by atoms with Crippen molar-refractivity contribution in [3.63, 3.8) is 0 Å².